The van der Waals surface area contributed by atoms with Crippen molar-refractivity contribution in [2.24, 2.45) is 0 Å². The number of aromatic amines is 1. The standard InChI is InChI=1S/C17H24N6O/c1-3-7-12-18-13-15(19-12)23-17(22(10-4-2)16(13)24)20-14(21-23)11-8-5-6-9-11/h11H,3-10H2,1-2H3,(H,18,19). The van der Waals surface area contributed by atoms with E-state index in [0.29, 0.717) is 29.4 Å². The van der Waals surface area contributed by atoms with Crippen molar-refractivity contribution < 1.29 is 0 Å². The molecule has 1 saturated carbocycles. The Bertz CT molecular complexity index is 928. The van der Waals surface area contributed by atoms with Gasteiger partial charge in [0.15, 0.2) is 17.0 Å². The first-order valence-corrected chi connectivity index (χ1v) is 9.11. The highest BCUT2D eigenvalue weighted by Gasteiger charge is 2.24. The summed E-state index contributed by atoms with van der Waals surface area (Å²) in [5.41, 5.74) is 1.12. The molecular weight excluding hydrogens is 304 g/mol. The molecule has 0 bridgehead atoms. The van der Waals surface area contributed by atoms with Crippen molar-refractivity contribution >= 4 is 16.9 Å². The van der Waals surface area contributed by atoms with Gasteiger partial charge >= 0.3 is 0 Å². The van der Waals surface area contributed by atoms with E-state index in [-0.39, 0.29) is 5.56 Å². The second-order valence-corrected chi connectivity index (χ2v) is 6.75. The van der Waals surface area contributed by atoms with Gasteiger partial charge in [0.25, 0.3) is 5.56 Å². The van der Waals surface area contributed by atoms with Gasteiger partial charge in [0.05, 0.1) is 0 Å². The van der Waals surface area contributed by atoms with Crippen molar-refractivity contribution in [2.45, 2.75) is 71.3 Å². The lowest BCUT2D eigenvalue weighted by Gasteiger charge is -2.04. The number of imidazole rings is 1. The minimum absolute atomic E-state index is 0.0421. The van der Waals surface area contributed by atoms with Gasteiger partial charge < -0.3 is 4.98 Å². The number of fused-ring (bicyclic) bond motifs is 3. The maximum atomic E-state index is 12.9. The van der Waals surface area contributed by atoms with E-state index in [1.165, 1.54) is 12.8 Å². The predicted octanol–water partition coefficient (Wildman–Crippen LogP) is 2.79. The number of rotatable bonds is 5. The zero-order valence-corrected chi connectivity index (χ0v) is 14.4. The van der Waals surface area contributed by atoms with Gasteiger partial charge in [0, 0.05) is 18.9 Å². The van der Waals surface area contributed by atoms with Gasteiger partial charge in [-0.1, -0.05) is 26.7 Å². The molecule has 7 heteroatoms. The predicted molar refractivity (Wildman–Crippen MR) is 92.4 cm³/mol. The molecule has 0 radical (unpaired) electrons. The van der Waals surface area contributed by atoms with Crippen LogP contribution in [0.4, 0.5) is 0 Å². The van der Waals surface area contributed by atoms with E-state index in [0.717, 1.165) is 43.8 Å². The lowest BCUT2D eigenvalue weighted by Crippen LogP contribution is -2.23. The van der Waals surface area contributed by atoms with Crippen LogP contribution in [0.5, 0.6) is 0 Å². The summed E-state index contributed by atoms with van der Waals surface area (Å²) in [6.07, 6.45) is 7.44. The van der Waals surface area contributed by atoms with Crippen LogP contribution in [0.2, 0.25) is 0 Å². The molecule has 3 aromatic rings. The van der Waals surface area contributed by atoms with Gasteiger partial charge in [-0.05, 0) is 25.7 Å². The summed E-state index contributed by atoms with van der Waals surface area (Å²) in [5, 5.41) is 4.74. The van der Waals surface area contributed by atoms with Gasteiger partial charge in [-0.15, -0.1) is 5.10 Å². The number of H-pyrrole nitrogens is 1. The van der Waals surface area contributed by atoms with Crippen LogP contribution in [0.15, 0.2) is 4.79 Å². The normalized spacial score (nSPS) is 15.9. The Hall–Kier alpha value is -2.18. The van der Waals surface area contributed by atoms with Crippen molar-refractivity contribution in [3.05, 3.63) is 22.0 Å². The summed E-state index contributed by atoms with van der Waals surface area (Å²) in [7, 11) is 0. The third-order valence-electron chi connectivity index (χ3n) is 4.90. The summed E-state index contributed by atoms with van der Waals surface area (Å²) < 4.78 is 3.51. The number of nitrogens with one attached hydrogen (secondary N) is 1. The number of aryl methyl sites for hydroxylation is 2. The fraction of sp³-hybridized carbons (Fsp3) is 0.647. The summed E-state index contributed by atoms with van der Waals surface area (Å²) in [4.78, 5) is 25.5. The van der Waals surface area contributed by atoms with Gasteiger partial charge in [0.2, 0.25) is 5.78 Å². The van der Waals surface area contributed by atoms with Gasteiger partial charge in [-0.3, -0.25) is 9.36 Å². The van der Waals surface area contributed by atoms with Crippen LogP contribution in [-0.4, -0.2) is 29.1 Å². The Balaban J connectivity index is 1.98. The van der Waals surface area contributed by atoms with Crippen molar-refractivity contribution in [1.29, 1.82) is 0 Å². The fourth-order valence-corrected chi connectivity index (χ4v) is 3.71. The quantitative estimate of drug-likeness (QED) is 0.781. The van der Waals surface area contributed by atoms with Gasteiger partial charge in [-0.25, -0.2) is 4.98 Å². The molecule has 4 rings (SSSR count). The molecule has 0 amide bonds. The van der Waals surface area contributed by atoms with E-state index < -0.39 is 0 Å². The molecule has 1 aliphatic carbocycles. The molecule has 0 spiro atoms. The molecule has 1 fully saturated rings. The maximum Gasteiger partial charge on any atom is 0.281 e. The molecule has 7 nitrogen and oxygen atoms in total. The maximum absolute atomic E-state index is 12.9. The molecule has 1 N–H and O–H groups in total. The fourth-order valence-electron chi connectivity index (χ4n) is 3.71. The molecule has 0 atom stereocenters. The summed E-state index contributed by atoms with van der Waals surface area (Å²) in [6.45, 7) is 4.81. The summed E-state index contributed by atoms with van der Waals surface area (Å²) >= 11 is 0. The van der Waals surface area contributed by atoms with Crippen LogP contribution < -0.4 is 5.56 Å². The molecule has 0 unspecified atom stereocenters. The second-order valence-electron chi connectivity index (χ2n) is 6.75. The Labute approximate surface area is 140 Å². The van der Waals surface area contributed by atoms with Crippen LogP contribution in [0.1, 0.15) is 69.9 Å². The molecular formula is C17H24N6O. The lowest BCUT2D eigenvalue weighted by atomic mass is 10.1. The van der Waals surface area contributed by atoms with Crippen LogP contribution in [0, 0.1) is 0 Å². The average molecular weight is 328 g/mol. The number of hydrogen-bond donors (Lipinski definition) is 1. The first-order valence-electron chi connectivity index (χ1n) is 9.11. The van der Waals surface area contributed by atoms with E-state index in [9.17, 15) is 4.79 Å². The number of aromatic nitrogens is 6. The van der Waals surface area contributed by atoms with E-state index in [1.54, 1.807) is 9.08 Å². The zero-order chi connectivity index (χ0) is 16.7. The molecule has 3 aromatic heterocycles. The molecule has 24 heavy (non-hydrogen) atoms. The SMILES string of the molecule is CCCc1nc2c([nH]1)c(=O)n(CCC)c1nc(C3CCCC3)nn21. The Morgan fingerprint density at radius 1 is 1.17 bits per heavy atom. The van der Waals surface area contributed by atoms with Crippen LogP contribution >= 0.6 is 0 Å². The minimum Gasteiger partial charge on any atom is -0.336 e. The van der Waals surface area contributed by atoms with E-state index in [4.69, 9.17) is 10.1 Å². The lowest BCUT2D eigenvalue weighted by molar-refractivity contribution is 0.659. The molecule has 128 valence electrons. The molecule has 0 aromatic carbocycles. The smallest absolute Gasteiger partial charge is 0.281 e. The van der Waals surface area contributed by atoms with Crippen molar-refractivity contribution in [2.75, 3.05) is 0 Å². The molecule has 0 saturated heterocycles. The molecule has 0 aliphatic heterocycles. The van der Waals surface area contributed by atoms with Gasteiger partial charge in [-0.2, -0.15) is 9.50 Å². The molecule has 1 aliphatic rings. The number of hydrogen-bond acceptors (Lipinski definition) is 4. The number of nitrogens with zero attached hydrogens (tertiary/aromatic N) is 5. The Morgan fingerprint density at radius 2 is 1.96 bits per heavy atom. The van der Waals surface area contributed by atoms with Crippen LogP contribution in [0.3, 0.4) is 0 Å². The van der Waals surface area contributed by atoms with Crippen LogP contribution in [-0.2, 0) is 13.0 Å². The first-order chi connectivity index (χ1) is 11.7. The zero-order valence-electron chi connectivity index (χ0n) is 14.4. The minimum atomic E-state index is -0.0421. The highest BCUT2D eigenvalue weighted by atomic mass is 16.1. The Morgan fingerprint density at radius 3 is 2.67 bits per heavy atom. The third-order valence-corrected chi connectivity index (χ3v) is 4.90. The van der Waals surface area contributed by atoms with E-state index in [2.05, 4.69) is 23.8 Å². The monoisotopic (exact) mass is 328 g/mol. The average Bonchev–Trinajstić information content (AvgIpc) is 3.28. The van der Waals surface area contributed by atoms with Crippen molar-refractivity contribution in [3.8, 4) is 0 Å². The van der Waals surface area contributed by atoms with Crippen molar-refractivity contribution in [3.63, 3.8) is 0 Å². The molecule has 3 heterocycles. The van der Waals surface area contributed by atoms with Gasteiger partial charge in [0.1, 0.15) is 5.82 Å². The van der Waals surface area contributed by atoms with E-state index >= 15 is 0 Å². The summed E-state index contributed by atoms with van der Waals surface area (Å²) in [6, 6.07) is 0. The Kier molecular flexibility index (Phi) is 3.86. The highest BCUT2D eigenvalue weighted by molar-refractivity contribution is 5.72. The second kappa shape index (κ2) is 6.03. The van der Waals surface area contributed by atoms with Crippen molar-refractivity contribution in [1.82, 2.24) is 29.1 Å². The summed E-state index contributed by atoms with van der Waals surface area (Å²) in [5.74, 6) is 2.76. The first kappa shape index (κ1) is 15.4. The highest BCUT2D eigenvalue weighted by Crippen LogP contribution is 2.32. The van der Waals surface area contributed by atoms with E-state index in [1.807, 2.05) is 0 Å². The largest absolute Gasteiger partial charge is 0.336 e. The van der Waals surface area contributed by atoms with Crippen LogP contribution in [0.25, 0.3) is 16.9 Å². The topological polar surface area (TPSA) is 80.9 Å². The third kappa shape index (κ3) is 2.34.